The fourth-order valence-corrected chi connectivity index (χ4v) is 2.46. The Morgan fingerprint density at radius 3 is 1.71 bits per heavy atom. The van der Waals surface area contributed by atoms with Gasteiger partial charge < -0.3 is 4.90 Å². The Labute approximate surface area is 106 Å². The van der Waals surface area contributed by atoms with Crippen molar-refractivity contribution in [3.63, 3.8) is 0 Å². The molecule has 0 amide bonds. The number of carbonyl (C=O) groups is 2. The van der Waals surface area contributed by atoms with Crippen molar-refractivity contribution in [2.24, 2.45) is 0 Å². The summed E-state index contributed by atoms with van der Waals surface area (Å²) in [5.74, 6) is -0.0268. The Morgan fingerprint density at radius 2 is 1.47 bits per heavy atom. The van der Waals surface area contributed by atoms with Gasteiger partial charge in [-0.2, -0.15) is 0 Å². The van der Waals surface area contributed by atoms with Crippen LogP contribution >= 0.6 is 11.8 Å². The molecule has 0 fully saturated rings. The van der Waals surface area contributed by atoms with E-state index in [4.69, 9.17) is 0 Å². The Morgan fingerprint density at radius 1 is 1.06 bits per heavy atom. The predicted octanol–water partition coefficient (Wildman–Crippen LogP) is 2.88. The molecule has 0 N–H and O–H groups in total. The van der Waals surface area contributed by atoms with Gasteiger partial charge in [-0.15, -0.1) is 11.8 Å². The maximum atomic E-state index is 11.6. The minimum atomic E-state index is -0.0134. The van der Waals surface area contributed by atoms with Crippen molar-refractivity contribution in [2.75, 3.05) is 25.3 Å². The first-order valence-electron chi connectivity index (χ1n) is 5.29. The summed E-state index contributed by atoms with van der Waals surface area (Å²) >= 11 is 1.44. The first kappa shape index (κ1) is 13.8. The van der Waals surface area contributed by atoms with E-state index in [-0.39, 0.29) is 11.6 Å². The van der Waals surface area contributed by atoms with Crippen LogP contribution in [0.2, 0.25) is 0 Å². The molecule has 1 aromatic carbocycles. The number of thioether (sulfide) groups is 1. The summed E-state index contributed by atoms with van der Waals surface area (Å²) in [5.41, 5.74) is 2.11. The van der Waals surface area contributed by atoms with E-state index in [1.807, 2.05) is 37.4 Å². The van der Waals surface area contributed by atoms with E-state index in [1.54, 1.807) is 0 Å². The summed E-state index contributed by atoms with van der Waals surface area (Å²) < 4.78 is 0. The molecule has 0 atom stereocenters. The minimum Gasteiger partial charge on any atom is -0.378 e. The predicted molar refractivity (Wildman–Crippen MR) is 72.6 cm³/mol. The quantitative estimate of drug-likeness (QED) is 0.609. The first-order chi connectivity index (χ1) is 7.88. The molecule has 0 spiro atoms. The maximum Gasteiger partial charge on any atom is 0.161 e. The Kier molecular flexibility index (Phi) is 4.34. The highest BCUT2D eigenvalue weighted by Crippen LogP contribution is 2.30. The second-order valence-electron chi connectivity index (χ2n) is 4.08. The van der Waals surface area contributed by atoms with Crippen LogP contribution in [0, 0.1) is 0 Å². The van der Waals surface area contributed by atoms with Crippen LogP contribution in [-0.4, -0.2) is 31.9 Å². The lowest BCUT2D eigenvalue weighted by molar-refractivity contribution is 0.101. The van der Waals surface area contributed by atoms with Gasteiger partial charge in [0.15, 0.2) is 11.6 Å². The summed E-state index contributed by atoms with van der Waals surface area (Å²) in [6, 6.07) is 3.67. The van der Waals surface area contributed by atoms with Gasteiger partial charge in [0.25, 0.3) is 0 Å². The van der Waals surface area contributed by atoms with E-state index in [0.717, 1.165) is 10.6 Å². The molecule has 0 bridgehead atoms. The molecule has 0 aliphatic carbocycles. The molecule has 17 heavy (non-hydrogen) atoms. The van der Waals surface area contributed by atoms with E-state index in [2.05, 4.69) is 0 Å². The van der Waals surface area contributed by atoms with Gasteiger partial charge >= 0.3 is 0 Å². The van der Waals surface area contributed by atoms with Gasteiger partial charge in [0.1, 0.15) is 0 Å². The van der Waals surface area contributed by atoms with Gasteiger partial charge in [-0.25, -0.2) is 0 Å². The number of hydrogen-bond donors (Lipinski definition) is 0. The molecule has 4 heteroatoms. The standard InChI is InChI=1S/C13H17NO2S/c1-8(15)11-6-10(14(3)4)7-12(9(2)16)13(11)17-5/h6-7H,1-5H3. The number of anilines is 1. The second-order valence-corrected chi connectivity index (χ2v) is 4.90. The third-order valence-electron chi connectivity index (χ3n) is 2.55. The molecule has 3 nitrogen and oxygen atoms in total. The highest BCUT2D eigenvalue weighted by molar-refractivity contribution is 7.98. The molecule has 1 rings (SSSR count). The number of hydrogen-bond acceptors (Lipinski definition) is 4. The molecule has 0 unspecified atom stereocenters. The Balaban J connectivity index is 3.57. The molecular weight excluding hydrogens is 234 g/mol. The highest BCUT2D eigenvalue weighted by Gasteiger charge is 2.16. The van der Waals surface area contributed by atoms with Gasteiger partial charge in [-0.05, 0) is 32.2 Å². The molecular formula is C13H17NO2S. The summed E-state index contributed by atoms with van der Waals surface area (Å²) in [6.07, 6.45) is 1.88. The summed E-state index contributed by atoms with van der Waals surface area (Å²) in [4.78, 5) is 25.9. The van der Waals surface area contributed by atoms with Crippen molar-refractivity contribution >= 4 is 29.0 Å². The number of Topliss-reactive ketones (excluding diaryl/α,β-unsaturated/α-hetero) is 2. The number of carbonyl (C=O) groups excluding carboxylic acids is 2. The van der Waals surface area contributed by atoms with Crippen LogP contribution in [0.4, 0.5) is 5.69 Å². The van der Waals surface area contributed by atoms with Crippen molar-refractivity contribution in [2.45, 2.75) is 18.7 Å². The number of benzene rings is 1. The summed E-state index contributed by atoms with van der Waals surface area (Å²) in [5, 5.41) is 0. The van der Waals surface area contributed by atoms with Crippen molar-refractivity contribution in [3.05, 3.63) is 23.3 Å². The monoisotopic (exact) mass is 251 g/mol. The van der Waals surface area contributed by atoms with E-state index in [1.165, 1.54) is 25.6 Å². The zero-order valence-corrected chi connectivity index (χ0v) is 11.6. The molecule has 0 saturated carbocycles. The second kappa shape index (κ2) is 5.36. The van der Waals surface area contributed by atoms with Crippen LogP contribution in [0.25, 0.3) is 0 Å². The van der Waals surface area contributed by atoms with Gasteiger partial charge in [0, 0.05) is 35.8 Å². The third-order valence-corrected chi connectivity index (χ3v) is 3.40. The van der Waals surface area contributed by atoms with Crippen molar-refractivity contribution in [1.82, 2.24) is 0 Å². The molecule has 0 heterocycles. The Hall–Kier alpha value is -1.29. The zero-order chi connectivity index (χ0) is 13.2. The number of rotatable bonds is 4. The summed E-state index contributed by atoms with van der Waals surface area (Å²) in [7, 11) is 3.78. The number of ketones is 2. The smallest absolute Gasteiger partial charge is 0.161 e. The molecule has 0 aromatic heterocycles. The van der Waals surface area contributed by atoms with E-state index in [9.17, 15) is 9.59 Å². The van der Waals surface area contributed by atoms with Gasteiger partial charge in [0.2, 0.25) is 0 Å². The number of nitrogens with zero attached hydrogens (tertiary/aromatic N) is 1. The van der Waals surface area contributed by atoms with Crippen LogP contribution in [0.3, 0.4) is 0 Å². The lowest BCUT2D eigenvalue weighted by atomic mass is 10.0. The van der Waals surface area contributed by atoms with Gasteiger partial charge in [-0.1, -0.05) is 0 Å². The first-order valence-corrected chi connectivity index (χ1v) is 6.52. The largest absolute Gasteiger partial charge is 0.378 e. The lowest BCUT2D eigenvalue weighted by Gasteiger charge is -2.17. The van der Waals surface area contributed by atoms with E-state index >= 15 is 0 Å². The van der Waals surface area contributed by atoms with Crippen LogP contribution in [-0.2, 0) is 0 Å². The van der Waals surface area contributed by atoms with E-state index in [0.29, 0.717) is 11.1 Å². The average molecular weight is 251 g/mol. The van der Waals surface area contributed by atoms with Crippen LogP contribution in [0.15, 0.2) is 17.0 Å². The normalized spacial score (nSPS) is 10.2. The minimum absolute atomic E-state index is 0.0134. The van der Waals surface area contributed by atoms with Crippen molar-refractivity contribution in [1.29, 1.82) is 0 Å². The molecule has 0 saturated heterocycles. The van der Waals surface area contributed by atoms with Crippen LogP contribution < -0.4 is 4.90 Å². The lowest BCUT2D eigenvalue weighted by Crippen LogP contribution is -2.12. The van der Waals surface area contributed by atoms with E-state index < -0.39 is 0 Å². The molecule has 1 aromatic rings. The Bertz CT molecular complexity index is 431. The molecule has 92 valence electrons. The fraction of sp³-hybridized carbons (Fsp3) is 0.385. The topological polar surface area (TPSA) is 37.4 Å². The van der Waals surface area contributed by atoms with Gasteiger partial charge in [-0.3, -0.25) is 9.59 Å². The zero-order valence-electron chi connectivity index (χ0n) is 10.8. The SMILES string of the molecule is CSc1c(C(C)=O)cc(N(C)C)cc1C(C)=O. The third kappa shape index (κ3) is 2.88. The van der Waals surface area contributed by atoms with Crippen LogP contribution in [0.1, 0.15) is 34.6 Å². The molecule has 0 aliphatic heterocycles. The average Bonchev–Trinajstić information content (AvgIpc) is 2.26. The van der Waals surface area contributed by atoms with Gasteiger partial charge in [0.05, 0.1) is 0 Å². The molecule has 0 radical (unpaired) electrons. The molecule has 0 aliphatic rings. The fourth-order valence-electron chi connectivity index (χ4n) is 1.61. The summed E-state index contributed by atoms with van der Waals surface area (Å²) in [6.45, 7) is 3.05. The van der Waals surface area contributed by atoms with Crippen molar-refractivity contribution < 1.29 is 9.59 Å². The highest BCUT2D eigenvalue weighted by atomic mass is 32.2. The maximum absolute atomic E-state index is 11.6. The van der Waals surface area contributed by atoms with Crippen LogP contribution in [0.5, 0.6) is 0 Å². The van der Waals surface area contributed by atoms with Crippen molar-refractivity contribution in [3.8, 4) is 0 Å².